The minimum absolute atomic E-state index is 0.0811. The van der Waals surface area contributed by atoms with Crippen LogP contribution in [0.15, 0.2) is 0 Å². The third kappa shape index (κ3) is 5.69. The lowest BCUT2D eigenvalue weighted by Crippen LogP contribution is -2.37. The maximum absolute atomic E-state index is 13.0. The summed E-state index contributed by atoms with van der Waals surface area (Å²) in [6, 6.07) is 0. The van der Waals surface area contributed by atoms with Gasteiger partial charge < -0.3 is 9.47 Å². The molecular weight excluding hydrogens is 338 g/mol. The van der Waals surface area contributed by atoms with Crippen molar-refractivity contribution in [1.82, 2.24) is 0 Å². The summed E-state index contributed by atoms with van der Waals surface area (Å²) < 4.78 is 64.5. The van der Waals surface area contributed by atoms with Gasteiger partial charge in [0, 0.05) is 0 Å². The molecule has 1 saturated heterocycles. The average molecular weight is 358 g/mol. The molecule has 0 radical (unpaired) electrons. The molecule has 1 fully saturated rings. The Kier molecular flexibility index (Phi) is 6.87. The van der Waals surface area contributed by atoms with Crippen molar-refractivity contribution in [2.75, 3.05) is 6.61 Å². The Morgan fingerprint density at radius 2 is 2.09 bits per heavy atom. The van der Waals surface area contributed by atoms with Gasteiger partial charge in [-0.25, -0.2) is 0 Å². The minimum atomic E-state index is -5.70. The van der Waals surface area contributed by atoms with Crippen LogP contribution in [-0.4, -0.2) is 42.9 Å². The Morgan fingerprint density at radius 1 is 1.43 bits per heavy atom. The zero-order valence-electron chi connectivity index (χ0n) is 12.7. The number of halogens is 2. The van der Waals surface area contributed by atoms with Gasteiger partial charge in [-0.1, -0.05) is 19.8 Å². The first-order valence-corrected chi connectivity index (χ1v) is 8.74. The molecule has 0 aromatic rings. The normalized spacial score (nSPS) is 23.0. The lowest BCUT2D eigenvalue weighted by Gasteiger charge is -2.17. The molecule has 7 nitrogen and oxygen atoms in total. The van der Waals surface area contributed by atoms with Crippen LogP contribution in [0.4, 0.5) is 8.78 Å². The number of alkyl halides is 2. The van der Waals surface area contributed by atoms with Crippen molar-refractivity contribution >= 4 is 22.1 Å². The van der Waals surface area contributed by atoms with E-state index in [2.05, 4.69) is 4.74 Å². The highest BCUT2D eigenvalue weighted by Crippen LogP contribution is 2.25. The van der Waals surface area contributed by atoms with Crippen molar-refractivity contribution in [2.45, 2.75) is 56.8 Å². The summed E-state index contributed by atoms with van der Waals surface area (Å²) in [7, 11) is -5.70. The first-order chi connectivity index (χ1) is 10.6. The maximum Gasteiger partial charge on any atom is 0.402 e. The summed E-state index contributed by atoms with van der Waals surface area (Å²) in [5, 5.41) is -4.62. The Bertz CT molecular complexity index is 532. The highest BCUT2D eigenvalue weighted by molar-refractivity contribution is 7.86. The van der Waals surface area contributed by atoms with E-state index in [1.807, 2.05) is 6.92 Å². The number of rotatable bonds is 7. The summed E-state index contributed by atoms with van der Waals surface area (Å²) in [5.74, 6) is -3.50. The van der Waals surface area contributed by atoms with E-state index in [0.717, 1.165) is 12.8 Å². The molecule has 1 aliphatic heterocycles. The van der Waals surface area contributed by atoms with Gasteiger partial charge in [-0.05, 0) is 25.7 Å². The van der Waals surface area contributed by atoms with Gasteiger partial charge in [-0.15, -0.1) is 0 Å². The van der Waals surface area contributed by atoms with Crippen LogP contribution in [0.5, 0.6) is 0 Å². The predicted molar refractivity (Wildman–Crippen MR) is 74.2 cm³/mol. The molecule has 0 aromatic heterocycles. The number of hydrogen-bond acceptors (Lipinski definition) is 6. The monoisotopic (exact) mass is 358 g/mol. The van der Waals surface area contributed by atoms with Crippen LogP contribution in [0.2, 0.25) is 0 Å². The average Bonchev–Trinajstić information content (AvgIpc) is 2.63. The molecule has 23 heavy (non-hydrogen) atoms. The third-order valence-corrected chi connectivity index (χ3v) is 4.38. The largest absolute Gasteiger partial charge is 0.462 e. The van der Waals surface area contributed by atoms with Gasteiger partial charge in [0.15, 0.2) is 12.5 Å². The first-order valence-electron chi connectivity index (χ1n) is 7.30. The van der Waals surface area contributed by atoms with Crippen LogP contribution in [0.1, 0.15) is 45.4 Å². The number of ether oxygens (including phenoxy) is 2. The van der Waals surface area contributed by atoms with Gasteiger partial charge in [-0.2, -0.15) is 17.2 Å². The highest BCUT2D eigenvalue weighted by atomic mass is 32.2. The zero-order valence-corrected chi connectivity index (χ0v) is 13.5. The van der Waals surface area contributed by atoms with Gasteiger partial charge in [0.2, 0.25) is 0 Å². The molecular formula is C13H20F2O7S. The highest BCUT2D eigenvalue weighted by Gasteiger charge is 2.46. The van der Waals surface area contributed by atoms with Crippen LogP contribution in [0.25, 0.3) is 0 Å². The van der Waals surface area contributed by atoms with E-state index in [1.165, 1.54) is 0 Å². The summed E-state index contributed by atoms with van der Waals surface area (Å²) in [4.78, 5) is 23.6. The van der Waals surface area contributed by atoms with Crippen molar-refractivity contribution in [3.8, 4) is 0 Å². The number of cyclic esters (lactones) is 1. The van der Waals surface area contributed by atoms with Crippen LogP contribution >= 0.6 is 0 Å². The SMILES string of the molecule is CCCCC1CCCC(C(=O)OCC(F)(F)S(=O)(=O)O)C(=O)O1. The number of carbonyl (C=O) groups is 2. The predicted octanol–water partition coefficient (Wildman–Crippen LogP) is 1.91. The molecule has 1 N–H and O–H groups in total. The van der Waals surface area contributed by atoms with E-state index in [4.69, 9.17) is 9.29 Å². The van der Waals surface area contributed by atoms with E-state index in [9.17, 15) is 26.8 Å². The van der Waals surface area contributed by atoms with E-state index in [-0.39, 0.29) is 12.5 Å². The van der Waals surface area contributed by atoms with Gasteiger partial charge in [0.25, 0.3) is 0 Å². The quantitative estimate of drug-likeness (QED) is 0.421. The topological polar surface area (TPSA) is 107 Å². The second-order valence-electron chi connectivity index (χ2n) is 5.40. The zero-order chi connectivity index (χ0) is 17.7. The fourth-order valence-electron chi connectivity index (χ4n) is 2.15. The molecule has 0 amide bonds. The Morgan fingerprint density at radius 3 is 2.65 bits per heavy atom. The van der Waals surface area contributed by atoms with E-state index >= 15 is 0 Å². The molecule has 0 aromatic carbocycles. The number of unbranched alkanes of at least 4 members (excludes halogenated alkanes) is 1. The third-order valence-electron chi connectivity index (χ3n) is 3.51. The van der Waals surface area contributed by atoms with E-state index < -0.39 is 39.8 Å². The maximum atomic E-state index is 13.0. The molecule has 134 valence electrons. The van der Waals surface area contributed by atoms with Crippen molar-refractivity contribution < 1.29 is 40.8 Å². The van der Waals surface area contributed by atoms with Crippen molar-refractivity contribution in [3.63, 3.8) is 0 Å². The second kappa shape index (κ2) is 8.00. The molecule has 1 aliphatic rings. The fraction of sp³-hybridized carbons (Fsp3) is 0.846. The van der Waals surface area contributed by atoms with Gasteiger partial charge in [0.1, 0.15) is 6.10 Å². The summed E-state index contributed by atoms with van der Waals surface area (Å²) in [5.41, 5.74) is 0. The Labute approximate surface area is 133 Å². The molecule has 0 bridgehead atoms. The number of hydrogen-bond donors (Lipinski definition) is 1. The van der Waals surface area contributed by atoms with Crippen LogP contribution in [0, 0.1) is 5.92 Å². The standard InChI is InChI=1S/C13H20F2O7S/c1-2-3-5-9-6-4-7-10(12(17)22-9)11(16)21-8-13(14,15)23(18,19)20/h9-10H,2-8H2,1H3,(H,18,19,20). The molecule has 10 heteroatoms. The first kappa shape index (κ1) is 19.8. The molecule has 0 aliphatic carbocycles. The number of carbonyl (C=O) groups excluding carboxylic acids is 2. The number of esters is 2. The van der Waals surface area contributed by atoms with Crippen molar-refractivity contribution in [1.29, 1.82) is 0 Å². The summed E-state index contributed by atoms with van der Waals surface area (Å²) in [6.45, 7) is 0.127. The molecule has 1 heterocycles. The fourth-order valence-corrected chi connectivity index (χ4v) is 2.36. The molecule has 2 atom stereocenters. The van der Waals surface area contributed by atoms with Crippen LogP contribution < -0.4 is 0 Å². The van der Waals surface area contributed by atoms with Gasteiger partial charge in [-0.3, -0.25) is 14.1 Å². The lowest BCUT2D eigenvalue weighted by molar-refractivity contribution is -0.167. The Balaban J connectivity index is 2.61. The van der Waals surface area contributed by atoms with E-state index in [0.29, 0.717) is 19.3 Å². The smallest absolute Gasteiger partial charge is 0.402 e. The minimum Gasteiger partial charge on any atom is -0.462 e. The summed E-state index contributed by atoms with van der Waals surface area (Å²) in [6.07, 6.45) is 3.24. The van der Waals surface area contributed by atoms with Crippen LogP contribution in [-0.2, 0) is 29.2 Å². The lowest BCUT2D eigenvalue weighted by atomic mass is 10.0. The molecule has 1 rings (SSSR count). The summed E-state index contributed by atoms with van der Waals surface area (Å²) >= 11 is 0. The second-order valence-corrected chi connectivity index (χ2v) is 6.95. The molecule has 2 unspecified atom stereocenters. The Hall–Kier alpha value is -1.29. The van der Waals surface area contributed by atoms with Crippen molar-refractivity contribution in [3.05, 3.63) is 0 Å². The van der Waals surface area contributed by atoms with E-state index in [1.54, 1.807) is 0 Å². The van der Waals surface area contributed by atoms with Crippen LogP contribution in [0.3, 0.4) is 0 Å². The van der Waals surface area contributed by atoms with Gasteiger partial charge >= 0.3 is 27.3 Å². The molecule has 0 spiro atoms. The van der Waals surface area contributed by atoms with Gasteiger partial charge in [0.05, 0.1) is 0 Å². The molecule has 0 saturated carbocycles. The van der Waals surface area contributed by atoms with Crippen molar-refractivity contribution in [2.24, 2.45) is 5.92 Å².